The molecule has 5 rings (SSSR count). The Balaban J connectivity index is 1.70. The van der Waals surface area contributed by atoms with Crippen LogP contribution in [0.1, 0.15) is 57.6 Å². The smallest absolute Gasteiger partial charge is 0.408 e. The van der Waals surface area contributed by atoms with Crippen LogP contribution in [0.25, 0.3) is 5.57 Å². The Hall–Kier alpha value is -3.35. The van der Waals surface area contributed by atoms with Crippen molar-refractivity contribution in [3.8, 4) is 5.75 Å². The van der Waals surface area contributed by atoms with Gasteiger partial charge in [0.25, 0.3) is 0 Å². The Labute approximate surface area is 205 Å². The van der Waals surface area contributed by atoms with Gasteiger partial charge in [-0.25, -0.2) is 9.18 Å². The Morgan fingerprint density at radius 3 is 2.31 bits per heavy atom. The fourth-order valence-corrected chi connectivity index (χ4v) is 4.99. The molecule has 0 aromatic heterocycles. The van der Waals surface area contributed by atoms with Crippen molar-refractivity contribution in [1.29, 1.82) is 0 Å². The predicted octanol–water partition coefficient (Wildman–Crippen LogP) is 5.80. The van der Waals surface area contributed by atoms with Crippen molar-refractivity contribution in [1.82, 2.24) is 5.32 Å². The summed E-state index contributed by atoms with van der Waals surface area (Å²) in [5, 5.41) is 3.02. The quantitative estimate of drug-likeness (QED) is 0.528. The van der Waals surface area contributed by atoms with Gasteiger partial charge in [-0.15, -0.1) is 0 Å². The van der Waals surface area contributed by atoms with Gasteiger partial charge in [-0.05, 0) is 69.7 Å². The number of hydrogen-bond acceptors (Lipinski definition) is 5. The molecule has 0 spiro atoms. The van der Waals surface area contributed by atoms with E-state index in [1.807, 2.05) is 51.1 Å². The lowest BCUT2D eigenvalue weighted by molar-refractivity contribution is -0.167. The van der Waals surface area contributed by atoms with Crippen molar-refractivity contribution < 1.29 is 28.2 Å². The van der Waals surface area contributed by atoms with E-state index in [0.717, 1.165) is 5.56 Å². The van der Waals surface area contributed by atoms with Crippen molar-refractivity contribution in [2.45, 2.75) is 64.2 Å². The number of rotatable bonds is 6. The van der Waals surface area contributed by atoms with Gasteiger partial charge in [-0.1, -0.05) is 42.5 Å². The number of fused-ring (bicyclic) bond motifs is 2. The molecule has 1 N–H and O–H groups in total. The number of halogens is 1. The summed E-state index contributed by atoms with van der Waals surface area (Å²) in [6.07, 6.45) is 3.02. The molecule has 2 aromatic carbocycles. The summed E-state index contributed by atoms with van der Waals surface area (Å²) < 4.78 is 32.0. The van der Waals surface area contributed by atoms with Crippen molar-refractivity contribution in [2.75, 3.05) is 7.11 Å². The predicted molar refractivity (Wildman–Crippen MR) is 130 cm³/mol. The Kier molecular flexibility index (Phi) is 6.62. The lowest BCUT2D eigenvalue weighted by atomic mass is 9.57. The van der Waals surface area contributed by atoms with Crippen molar-refractivity contribution >= 4 is 17.6 Å². The van der Waals surface area contributed by atoms with Crippen molar-refractivity contribution in [3.05, 3.63) is 71.6 Å². The minimum Gasteiger partial charge on any atom is -0.496 e. The zero-order valence-corrected chi connectivity index (χ0v) is 20.7. The highest BCUT2D eigenvalue weighted by Crippen LogP contribution is 2.56. The van der Waals surface area contributed by atoms with Gasteiger partial charge in [-0.2, -0.15) is 0 Å². The van der Waals surface area contributed by atoms with Crippen LogP contribution >= 0.6 is 0 Å². The summed E-state index contributed by atoms with van der Waals surface area (Å²) in [5.41, 5.74) is -0.817. The van der Waals surface area contributed by atoms with Crippen LogP contribution < -0.4 is 10.1 Å². The first-order valence-corrected chi connectivity index (χ1v) is 11.9. The molecule has 0 radical (unpaired) electrons. The second-order valence-electron chi connectivity index (χ2n) is 10.3. The summed E-state index contributed by atoms with van der Waals surface area (Å²) >= 11 is 0. The summed E-state index contributed by atoms with van der Waals surface area (Å²) in [4.78, 5) is 26.2. The molecule has 0 unspecified atom stereocenters. The zero-order chi connectivity index (χ0) is 25.3. The molecule has 0 saturated heterocycles. The lowest BCUT2D eigenvalue weighted by Gasteiger charge is -2.51. The molecule has 0 atom stereocenters. The van der Waals surface area contributed by atoms with Crippen LogP contribution in [0.5, 0.6) is 5.75 Å². The number of methoxy groups -OCH3 is 1. The van der Waals surface area contributed by atoms with Crippen LogP contribution in [0.3, 0.4) is 0 Å². The molecule has 35 heavy (non-hydrogen) atoms. The van der Waals surface area contributed by atoms with Gasteiger partial charge in [0.1, 0.15) is 23.8 Å². The van der Waals surface area contributed by atoms with Gasteiger partial charge < -0.3 is 19.5 Å². The van der Waals surface area contributed by atoms with Crippen LogP contribution in [-0.2, 0) is 20.9 Å². The van der Waals surface area contributed by atoms with E-state index in [0.29, 0.717) is 37.0 Å². The Morgan fingerprint density at radius 2 is 1.69 bits per heavy atom. The molecule has 7 heteroatoms. The SMILES string of the molecule is COc1cccc(F)c1C1=CC2(C(=O)OC(C)(C)C)CCC1(NC(=O)OCc1ccccc1)CC2. The van der Waals surface area contributed by atoms with E-state index < -0.39 is 28.5 Å². The summed E-state index contributed by atoms with van der Waals surface area (Å²) in [7, 11) is 1.47. The summed E-state index contributed by atoms with van der Waals surface area (Å²) in [5.74, 6) is -0.485. The maximum absolute atomic E-state index is 15.2. The first kappa shape index (κ1) is 24.8. The van der Waals surface area contributed by atoms with E-state index in [1.165, 1.54) is 13.2 Å². The Bertz CT molecular complexity index is 1130. The topological polar surface area (TPSA) is 73.9 Å². The van der Waals surface area contributed by atoms with E-state index >= 15 is 4.39 Å². The van der Waals surface area contributed by atoms with Crippen LogP contribution in [0.4, 0.5) is 9.18 Å². The zero-order valence-electron chi connectivity index (χ0n) is 20.7. The minimum absolute atomic E-state index is 0.118. The van der Waals surface area contributed by atoms with Crippen LogP contribution in [-0.4, -0.2) is 30.3 Å². The number of nitrogens with one attached hydrogen (secondary N) is 1. The number of carbonyl (C=O) groups is 2. The molecule has 2 bridgehead atoms. The first-order chi connectivity index (χ1) is 16.6. The highest BCUT2D eigenvalue weighted by atomic mass is 19.1. The fraction of sp³-hybridized carbons (Fsp3) is 0.429. The monoisotopic (exact) mass is 481 g/mol. The highest BCUT2D eigenvalue weighted by Gasteiger charge is 2.55. The number of amides is 1. The molecule has 1 amide bonds. The maximum Gasteiger partial charge on any atom is 0.408 e. The second kappa shape index (κ2) is 9.36. The molecular weight excluding hydrogens is 449 g/mol. The normalized spacial score (nSPS) is 23.3. The highest BCUT2D eigenvalue weighted by molar-refractivity contribution is 5.90. The van der Waals surface area contributed by atoms with Gasteiger partial charge in [0.15, 0.2) is 0 Å². The second-order valence-corrected chi connectivity index (χ2v) is 10.3. The third kappa shape index (κ3) is 5.04. The first-order valence-electron chi connectivity index (χ1n) is 11.9. The fourth-order valence-electron chi connectivity index (χ4n) is 4.99. The molecule has 6 nitrogen and oxygen atoms in total. The van der Waals surface area contributed by atoms with E-state index in [2.05, 4.69) is 5.32 Å². The van der Waals surface area contributed by atoms with E-state index in [4.69, 9.17) is 14.2 Å². The van der Waals surface area contributed by atoms with Gasteiger partial charge in [0.2, 0.25) is 0 Å². The molecule has 3 aliphatic rings. The molecule has 186 valence electrons. The molecule has 1 fully saturated rings. The molecule has 3 aliphatic carbocycles. The van der Waals surface area contributed by atoms with E-state index in [-0.39, 0.29) is 18.1 Å². The average Bonchev–Trinajstić information content (AvgIpc) is 2.83. The van der Waals surface area contributed by atoms with Gasteiger partial charge >= 0.3 is 12.1 Å². The average molecular weight is 482 g/mol. The van der Waals surface area contributed by atoms with Gasteiger partial charge in [-0.3, -0.25) is 4.79 Å². The molecule has 0 heterocycles. The van der Waals surface area contributed by atoms with Crippen LogP contribution in [0.2, 0.25) is 0 Å². The number of hydrogen-bond donors (Lipinski definition) is 1. The third-order valence-corrected chi connectivity index (χ3v) is 6.76. The van der Waals surface area contributed by atoms with Gasteiger partial charge in [0, 0.05) is 0 Å². The van der Waals surface area contributed by atoms with Crippen LogP contribution in [0, 0.1) is 11.2 Å². The standard InChI is InChI=1S/C28H32FNO5/c1-26(2,3)35-24(31)27-13-15-28(16-14-27,30-25(32)34-18-19-9-6-5-7-10-19)20(17-27)23-21(29)11-8-12-22(23)33-4/h5-12,17H,13-16,18H2,1-4H3,(H,30,32). The van der Waals surface area contributed by atoms with Crippen molar-refractivity contribution in [2.24, 2.45) is 5.41 Å². The number of benzene rings is 2. The molecule has 1 saturated carbocycles. The summed E-state index contributed by atoms with van der Waals surface area (Å²) in [6.45, 7) is 5.59. The minimum atomic E-state index is -0.896. The molecular formula is C28H32FNO5. The molecule has 2 aromatic rings. The summed E-state index contributed by atoms with van der Waals surface area (Å²) in [6, 6.07) is 14.0. The van der Waals surface area contributed by atoms with Crippen LogP contribution in [0.15, 0.2) is 54.6 Å². The van der Waals surface area contributed by atoms with Crippen molar-refractivity contribution in [3.63, 3.8) is 0 Å². The number of ether oxygens (including phenoxy) is 3. The van der Waals surface area contributed by atoms with Gasteiger partial charge in [0.05, 0.1) is 23.6 Å². The lowest BCUT2D eigenvalue weighted by Crippen LogP contribution is -2.58. The van der Waals surface area contributed by atoms with E-state index in [1.54, 1.807) is 18.2 Å². The third-order valence-electron chi connectivity index (χ3n) is 6.76. The largest absolute Gasteiger partial charge is 0.496 e. The number of carbonyl (C=O) groups excluding carboxylic acids is 2. The Morgan fingerprint density at radius 1 is 1.00 bits per heavy atom. The maximum atomic E-state index is 15.2. The number of esters is 1. The number of alkyl carbamates (subject to hydrolysis) is 1. The van der Waals surface area contributed by atoms with E-state index in [9.17, 15) is 9.59 Å². The molecule has 0 aliphatic heterocycles.